The lowest BCUT2D eigenvalue weighted by atomic mass is 9.80. The van der Waals surface area contributed by atoms with Crippen molar-refractivity contribution in [3.8, 4) is 11.3 Å². The number of non-ortho nitro benzene ring substituents is 1. The number of carbonyl (C=O) groups excluding carboxylic acids is 1. The minimum Gasteiger partial charge on any atom is -0.354 e. The molecule has 7 heteroatoms. The maximum atomic E-state index is 12.7. The van der Waals surface area contributed by atoms with Crippen LogP contribution in [0.4, 0.5) is 10.8 Å². The van der Waals surface area contributed by atoms with Crippen LogP contribution in [0.3, 0.4) is 0 Å². The monoisotopic (exact) mass is 421 g/mol. The van der Waals surface area contributed by atoms with Crippen molar-refractivity contribution in [1.82, 2.24) is 4.98 Å². The summed E-state index contributed by atoms with van der Waals surface area (Å²) in [5.74, 6) is -0.00644. The molecule has 0 bridgehead atoms. The molecule has 1 aromatic heterocycles. The fourth-order valence-corrected chi connectivity index (χ4v) is 4.70. The first-order chi connectivity index (χ1) is 14.5. The number of aryl methyl sites for hydroxylation is 1. The van der Waals surface area contributed by atoms with Crippen LogP contribution >= 0.6 is 11.3 Å². The molecule has 0 aliphatic heterocycles. The van der Waals surface area contributed by atoms with Gasteiger partial charge in [0.15, 0.2) is 5.13 Å². The quantitative estimate of drug-likeness (QED) is 0.393. The molecule has 1 aliphatic carbocycles. The predicted octanol–water partition coefficient (Wildman–Crippen LogP) is 5.94. The van der Waals surface area contributed by atoms with Crippen molar-refractivity contribution in [3.05, 3.63) is 75.2 Å². The van der Waals surface area contributed by atoms with E-state index in [4.69, 9.17) is 4.98 Å². The van der Waals surface area contributed by atoms with E-state index in [-0.39, 0.29) is 23.4 Å². The van der Waals surface area contributed by atoms with E-state index in [2.05, 4.69) is 5.32 Å². The molecule has 1 N–H and O–H groups in total. The molecular weight excluding hydrogens is 398 g/mol. The lowest BCUT2D eigenvalue weighted by Gasteiger charge is -2.30. The van der Waals surface area contributed by atoms with E-state index in [0.717, 1.165) is 36.1 Å². The summed E-state index contributed by atoms with van der Waals surface area (Å²) >= 11 is 1.48. The van der Waals surface area contributed by atoms with E-state index in [1.54, 1.807) is 12.1 Å². The van der Waals surface area contributed by atoms with Gasteiger partial charge in [0.05, 0.1) is 16.7 Å². The van der Waals surface area contributed by atoms with Crippen LogP contribution in [0.25, 0.3) is 11.3 Å². The Labute approximate surface area is 179 Å². The minimum atomic E-state index is -0.401. The lowest BCUT2D eigenvalue weighted by Crippen LogP contribution is -2.30. The normalized spacial score (nSPS) is 17.5. The Morgan fingerprint density at radius 2 is 2.00 bits per heavy atom. The first-order valence-corrected chi connectivity index (χ1v) is 11.0. The van der Waals surface area contributed by atoms with Gasteiger partial charge in [-0.05, 0) is 25.3 Å². The summed E-state index contributed by atoms with van der Waals surface area (Å²) in [5.41, 5.74) is 3.87. The molecule has 0 amide bonds. The van der Waals surface area contributed by atoms with Gasteiger partial charge in [0, 0.05) is 35.4 Å². The van der Waals surface area contributed by atoms with Crippen LogP contribution in [-0.2, 0) is 4.79 Å². The van der Waals surface area contributed by atoms with E-state index >= 15 is 0 Å². The zero-order chi connectivity index (χ0) is 21.1. The van der Waals surface area contributed by atoms with Gasteiger partial charge in [0.1, 0.15) is 5.78 Å². The van der Waals surface area contributed by atoms with Crippen molar-refractivity contribution in [2.75, 3.05) is 5.32 Å². The summed E-state index contributed by atoms with van der Waals surface area (Å²) in [5, 5.41) is 17.4. The number of nitrogens with one attached hydrogen (secondary N) is 1. The molecule has 154 valence electrons. The number of thiazole rings is 1. The van der Waals surface area contributed by atoms with Gasteiger partial charge in [-0.2, -0.15) is 0 Å². The highest BCUT2D eigenvalue weighted by molar-refractivity contribution is 7.14. The van der Waals surface area contributed by atoms with Crippen molar-refractivity contribution in [3.63, 3.8) is 0 Å². The molecule has 0 saturated heterocycles. The van der Waals surface area contributed by atoms with E-state index < -0.39 is 4.92 Å². The second-order valence-electron chi connectivity index (χ2n) is 7.70. The third kappa shape index (κ3) is 4.41. The SMILES string of the molecule is Cc1ccc(-c2csc(NC(c3cccc([N+](=O)[O-])c3)C3CCCCC3=O)n2)cc1. The van der Waals surface area contributed by atoms with Gasteiger partial charge < -0.3 is 5.32 Å². The third-order valence-electron chi connectivity index (χ3n) is 5.57. The molecular formula is C23H23N3O3S. The molecule has 1 saturated carbocycles. The second kappa shape index (κ2) is 8.75. The highest BCUT2D eigenvalue weighted by Crippen LogP contribution is 2.37. The number of Topliss-reactive ketones (excluding diaryl/α,β-unsaturated/α-hetero) is 1. The number of ketones is 1. The molecule has 30 heavy (non-hydrogen) atoms. The molecule has 2 aromatic carbocycles. The third-order valence-corrected chi connectivity index (χ3v) is 6.35. The number of anilines is 1. The molecule has 2 unspecified atom stereocenters. The first kappa shape index (κ1) is 20.2. The topological polar surface area (TPSA) is 85.1 Å². The number of rotatable bonds is 6. The predicted molar refractivity (Wildman–Crippen MR) is 119 cm³/mol. The molecule has 6 nitrogen and oxygen atoms in total. The Morgan fingerprint density at radius 1 is 1.20 bits per heavy atom. The summed E-state index contributed by atoms with van der Waals surface area (Å²) in [7, 11) is 0. The highest BCUT2D eigenvalue weighted by Gasteiger charge is 2.32. The Kier molecular flexibility index (Phi) is 5.90. The maximum Gasteiger partial charge on any atom is 0.269 e. The summed E-state index contributed by atoms with van der Waals surface area (Å²) < 4.78 is 0. The molecule has 1 heterocycles. The molecule has 4 rings (SSSR count). The van der Waals surface area contributed by atoms with Gasteiger partial charge in [-0.1, -0.05) is 48.4 Å². The largest absolute Gasteiger partial charge is 0.354 e. The van der Waals surface area contributed by atoms with Gasteiger partial charge in [0.2, 0.25) is 0 Å². The van der Waals surface area contributed by atoms with E-state index in [1.165, 1.54) is 23.0 Å². The number of benzene rings is 2. The number of nitro benzene ring substituents is 1. The van der Waals surface area contributed by atoms with Crippen LogP contribution in [0.2, 0.25) is 0 Å². The van der Waals surface area contributed by atoms with Crippen molar-refractivity contribution in [1.29, 1.82) is 0 Å². The smallest absolute Gasteiger partial charge is 0.269 e. The average Bonchev–Trinajstić information content (AvgIpc) is 3.22. The fraction of sp³-hybridized carbons (Fsp3) is 0.304. The zero-order valence-electron chi connectivity index (χ0n) is 16.7. The number of hydrogen-bond donors (Lipinski definition) is 1. The number of hydrogen-bond acceptors (Lipinski definition) is 6. The van der Waals surface area contributed by atoms with Gasteiger partial charge in [-0.25, -0.2) is 4.98 Å². The molecule has 0 spiro atoms. The molecule has 1 aliphatic rings. The van der Waals surface area contributed by atoms with Crippen LogP contribution in [0.5, 0.6) is 0 Å². The van der Waals surface area contributed by atoms with E-state index in [1.807, 2.05) is 42.6 Å². The van der Waals surface area contributed by atoms with Crippen molar-refractivity contribution >= 4 is 27.9 Å². The summed E-state index contributed by atoms with van der Waals surface area (Å²) in [4.78, 5) is 28.3. The average molecular weight is 422 g/mol. The summed E-state index contributed by atoms with van der Waals surface area (Å²) in [6.07, 6.45) is 3.22. The second-order valence-corrected chi connectivity index (χ2v) is 8.55. The van der Waals surface area contributed by atoms with Crippen LogP contribution in [-0.4, -0.2) is 15.7 Å². The van der Waals surface area contributed by atoms with Crippen molar-refractivity contribution in [2.24, 2.45) is 5.92 Å². The minimum absolute atomic E-state index is 0.0297. The van der Waals surface area contributed by atoms with E-state index in [9.17, 15) is 14.9 Å². The molecule has 0 radical (unpaired) electrons. The highest BCUT2D eigenvalue weighted by atomic mass is 32.1. The molecule has 1 fully saturated rings. The van der Waals surface area contributed by atoms with Crippen LogP contribution in [0.1, 0.15) is 42.9 Å². The number of aromatic nitrogens is 1. The van der Waals surface area contributed by atoms with E-state index in [0.29, 0.717) is 11.6 Å². The summed E-state index contributed by atoms with van der Waals surface area (Å²) in [6, 6.07) is 14.4. The Hall–Kier alpha value is -3.06. The van der Waals surface area contributed by atoms with Crippen LogP contribution in [0.15, 0.2) is 53.9 Å². The number of carbonyl (C=O) groups is 1. The number of nitrogens with zero attached hydrogens (tertiary/aromatic N) is 2. The van der Waals surface area contributed by atoms with Crippen molar-refractivity contribution in [2.45, 2.75) is 38.6 Å². The Bertz CT molecular complexity index is 1060. The van der Waals surface area contributed by atoms with Gasteiger partial charge in [-0.15, -0.1) is 11.3 Å². The number of nitro groups is 1. The van der Waals surface area contributed by atoms with Crippen LogP contribution < -0.4 is 5.32 Å². The zero-order valence-corrected chi connectivity index (χ0v) is 17.5. The van der Waals surface area contributed by atoms with Gasteiger partial charge in [-0.3, -0.25) is 14.9 Å². The lowest BCUT2D eigenvalue weighted by molar-refractivity contribution is -0.384. The first-order valence-electron chi connectivity index (χ1n) is 10.1. The standard InChI is InChI=1S/C23H23N3O3S/c1-15-9-11-16(12-10-15)20-14-30-23(24-20)25-22(19-7-2-3-8-21(19)27)17-5-4-6-18(13-17)26(28)29/h4-6,9-14,19,22H,2-3,7-8H2,1H3,(H,24,25). The fourth-order valence-electron chi connectivity index (χ4n) is 3.94. The van der Waals surface area contributed by atoms with Crippen LogP contribution in [0, 0.1) is 23.0 Å². The Morgan fingerprint density at radius 3 is 2.73 bits per heavy atom. The maximum absolute atomic E-state index is 12.7. The Balaban J connectivity index is 1.65. The molecule has 3 aromatic rings. The summed E-state index contributed by atoms with van der Waals surface area (Å²) in [6.45, 7) is 2.04. The molecule has 2 atom stereocenters. The van der Waals surface area contributed by atoms with Gasteiger partial charge >= 0.3 is 0 Å². The van der Waals surface area contributed by atoms with Crippen molar-refractivity contribution < 1.29 is 9.72 Å². The van der Waals surface area contributed by atoms with Gasteiger partial charge in [0.25, 0.3) is 5.69 Å².